The van der Waals surface area contributed by atoms with E-state index >= 15 is 0 Å². The van der Waals surface area contributed by atoms with Crippen LogP contribution in [0.2, 0.25) is 0 Å². The number of rotatable bonds is 1. The molecule has 1 heterocycles. The molecule has 2 heteroatoms. The number of hydrogen-bond donors (Lipinski definition) is 0. The molecule has 2 nitrogen and oxygen atoms in total. The normalized spacial score (nSPS) is 52.0. The number of ketones is 1. The van der Waals surface area contributed by atoms with Crippen molar-refractivity contribution in [1.29, 1.82) is 0 Å². The average molecular weight is 330 g/mol. The first-order valence-electron chi connectivity index (χ1n) is 10.9. The van der Waals surface area contributed by atoms with Crippen LogP contribution >= 0.6 is 0 Å². The molecule has 0 aromatic carbocycles. The van der Waals surface area contributed by atoms with Crippen molar-refractivity contribution in [2.45, 2.75) is 83.6 Å². The van der Waals surface area contributed by atoms with E-state index in [1.807, 2.05) is 0 Å². The first-order valence-corrected chi connectivity index (χ1v) is 10.9. The van der Waals surface area contributed by atoms with Crippen molar-refractivity contribution < 1.29 is 4.79 Å². The Bertz CT molecular complexity index is 510. The number of hydrogen-bond acceptors (Lipinski definition) is 2. The molecule has 7 atom stereocenters. The van der Waals surface area contributed by atoms with Crippen LogP contribution in [0.4, 0.5) is 0 Å². The molecule has 0 aromatic heterocycles. The van der Waals surface area contributed by atoms with Crippen molar-refractivity contribution in [3.05, 3.63) is 0 Å². The van der Waals surface area contributed by atoms with Gasteiger partial charge in [-0.25, -0.2) is 0 Å². The third-order valence-corrected chi connectivity index (χ3v) is 9.29. The van der Waals surface area contributed by atoms with Gasteiger partial charge in [0.2, 0.25) is 0 Å². The smallest absolute Gasteiger partial charge is 0.139 e. The van der Waals surface area contributed by atoms with Gasteiger partial charge in [-0.2, -0.15) is 0 Å². The topological polar surface area (TPSA) is 20.3 Å². The molecule has 0 radical (unpaired) electrons. The predicted molar refractivity (Wildman–Crippen MR) is 96.7 cm³/mol. The lowest BCUT2D eigenvalue weighted by atomic mass is 9.50. The molecule has 4 aliphatic carbocycles. The highest BCUT2D eigenvalue weighted by Gasteiger charge is 2.57. The fourth-order valence-corrected chi connectivity index (χ4v) is 8.04. The standard InChI is InChI=1S/C22H35NO/c1-22-11-10-18-17-7-5-16(23-12-2-3-13-23)14-15(17)4-6-19(18)20(22)8-9-21(22)24/h15-20H,2-14H2,1H3/t15?,16?,17?,18?,19?,20?,22-/m0/s1. The fraction of sp³-hybridized carbons (Fsp3) is 0.955. The molecule has 0 bridgehead atoms. The summed E-state index contributed by atoms with van der Waals surface area (Å²) in [5, 5.41) is 0. The molecule has 6 unspecified atom stereocenters. The van der Waals surface area contributed by atoms with Gasteiger partial charge in [-0.05, 0) is 107 Å². The van der Waals surface area contributed by atoms with Crippen molar-refractivity contribution in [3.63, 3.8) is 0 Å². The molecular weight excluding hydrogens is 294 g/mol. The zero-order chi connectivity index (χ0) is 16.3. The van der Waals surface area contributed by atoms with Crippen LogP contribution in [0.1, 0.15) is 77.6 Å². The van der Waals surface area contributed by atoms with Crippen LogP contribution in [0, 0.1) is 35.0 Å². The Hall–Kier alpha value is -0.370. The molecule has 134 valence electrons. The monoisotopic (exact) mass is 329 g/mol. The molecule has 4 saturated carbocycles. The molecule has 5 fully saturated rings. The van der Waals surface area contributed by atoms with Crippen LogP contribution in [0.5, 0.6) is 0 Å². The maximum absolute atomic E-state index is 12.5. The van der Waals surface area contributed by atoms with Crippen molar-refractivity contribution in [1.82, 2.24) is 4.90 Å². The summed E-state index contributed by atoms with van der Waals surface area (Å²) in [6.45, 7) is 5.06. The Morgan fingerprint density at radius 3 is 2.54 bits per heavy atom. The fourth-order valence-electron chi connectivity index (χ4n) is 8.04. The number of carbonyl (C=O) groups excluding carboxylic acids is 1. The summed E-state index contributed by atoms with van der Waals surface area (Å²) in [5.74, 6) is 5.20. The molecule has 0 spiro atoms. The zero-order valence-electron chi connectivity index (χ0n) is 15.5. The van der Waals surface area contributed by atoms with Crippen LogP contribution in [-0.2, 0) is 4.79 Å². The number of fused-ring (bicyclic) bond motifs is 5. The van der Waals surface area contributed by atoms with Gasteiger partial charge >= 0.3 is 0 Å². The van der Waals surface area contributed by atoms with E-state index in [9.17, 15) is 4.79 Å². The highest BCUT2D eigenvalue weighted by molar-refractivity contribution is 5.87. The summed E-state index contributed by atoms with van der Waals surface area (Å²) in [4.78, 5) is 15.3. The van der Waals surface area contributed by atoms with Crippen molar-refractivity contribution in [2.24, 2.45) is 35.0 Å². The quantitative estimate of drug-likeness (QED) is 0.696. The molecule has 0 N–H and O–H groups in total. The van der Waals surface area contributed by atoms with Crippen LogP contribution in [0.3, 0.4) is 0 Å². The first-order chi connectivity index (χ1) is 11.7. The molecular formula is C22H35NO. The number of carbonyl (C=O) groups is 1. The summed E-state index contributed by atoms with van der Waals surface area (Å²) in [7, 11) is 0. The SMILES string of the molecule is C[C@]12CCC3C4CCC(N5CCCC5)CC4CCC3C1CCC2=O. The number of Topliss-reactive ketones (excluding diaryl/α,β-unsaturated/α-hetero) is 1. The highest BCUT2D eigenvalue weighted by atomic mass is 16.1. The van der Waals surface area contributed by atoms with Crippen molar-refractivity contribution in [2.75, 3.05) is 13.1 Å². The molecule has 5 rings (SSSR count). The second kappa shape index (κ2) is 5.83. The van der Waals surface area contributed by atoms with Crippen LogP contribution in [0.15, 0.2) is 0 Å². The largest absolute Gasteiger partial charge is 0.300 e. The van der Waals surface area contributed by atoms with Crippen LogP contribution in [0.25, 0.3) is 0 Å². The maximum atomic E-state index is 12.5. The van der Waals surface area contributed by atoms with E-state index < -0.39 is 0 Å². The minimum absolute atomic E-state index is 0.0702. The van der Waals surface area contributed by atoms with E-state index in [1.54, 1.807) is 0 Å². The molecule has 1 saturated heterocycles. The number of nitrogens with zero attached hydrogens (tertiary/aromatic N) is 1. The lowest BCUT2D eigenvalue weighted by Gasteiger charge is -2.55. The summed E-state index contributed by atoms with van der Waals surface area (Å²) >= 11 is 0. The van der Waals surface area contributed by atoms with Gasteiger partial charge in [0.1, 0.15) is 5.78 Å². The maximum Gasteiger partial charge on any atom is 0.139 e. The van der Waals surface area contributed by atoms with Gasteiger partial charge < -0.3 is 4.90 Å². The van der Waals surface area contributed by atoms with Gasteiger partial charge in [0.25, 0.3) is 0 Å². The Kier molecular flexibility index (Phi) is 3.85. The third kappa shape index (κ3) is 2.27. The van der Waals surface area contributed by atoms with Crippen molar-refractivity contribution >= 4 is 5.78 Å². The van der Waals surface area contributed by atoms with Gasteiger partial charge in [-0.1, -0.05) is 6.92 Å². The summed E-state index contributed by atoms with van der Waals surface area (Å²) in [6, 6.07) is 0.909. The van der Waals surface area contributed by atoms with Gasteiger partial charge in [0.15, 0.2) is 0 Å². The number of likely N-dealkylation sites (tertiary alicyclic amines) is 1. The van der Waals surface area contributed by atoms with Gasteiger partial charge in [0, 0.05) is 17.9 Å². The second-order valence-corrected chi connectivity index (χ2v) is 10.1. The Morgan fingerprint density at radius 2 is 1.71 bits per heavy atom. The van der Waals surface area contributed by atoms with Crippen LogP contribution < -0.4 is 0 Å². The van der Waals surface area contributed by atoms with Gasteiger partial charge in [0.05, 0.1) is 0 Å². The van der Waals surface area contributed by atoms with E-state index in [0.29, 0.717) is 5.78 Å². The summed E-state index contributed by atoms with van der Waals surface area (Å²) < 4.78 is 0. The predicted octanol–water partition coefficient (Wildman–Crippen LogP) is 4.67. The highest BCUT2D eigenvalue weighted by Crippen LogP contribution is 2.61. The van der Waals surface area contributed by atoms with E-state index in [-0.39, 0.29) is 5.41 Å². The molecule has 1 aliphatic heterocycles. The lowest BCUT2D eigenvalue weighted by Crippen LogP contribution is -2.50. The van der Waals surface area contributed by atoms with Gasteiger partial charge in [-0.3, -0.25) is 4.79 Å². The summed E-state index contributed by atoms with van der Waals surface area (Å²) in [6.07, 6.45) is 14.9. The van der Waals surface area contributed by atoms with E-state index in [1.165, 1.54) is 77.3 Å². The Balaban J connectivity index is 1.31. The Morgan fingerprint density at radius 1 is 0.917 bits per heavy atom. The molecule has 0 amide bonds. The van der Waals surface area contributed by atoms with Crippen LogP contribution in [-0.4, -0.2) is 29.8 Å². The van der Waals surface area contributed by atoms with E-state index in [0.717, 1.165) is 42.1 Å². The Labute approximate surface area is 147 Å². The minimum Gasteiger partial charge on any atom is -0.300 e. The average Bonchev–Trinajstić information content (AvgIpc) is 3.23. The zero-order valence-corrected chi connectivity index (χ0v) is 15.5. The molecule has 24 heavy (non-hydrogen) atoms. The van der Waals surface area contributed by atoms with Gasteiger partial charge in [-0.15, -0.1) is 0 Å². The third-order valence-electron chi connectivity index (χ3n) is 9.29. The summed E-state index contributed by atoms with van der Waals surface area (Å²) in [5.41, 5.74) is 0.0702. The van der Waals surface area contributed by atoms with E-state index in [2.05, 4.69) is 11.8 Å². The lowest BCUT2D eigenvalue weighted by molar-refractivity contribution is -0.133. The molecule has 0 aromatic rings. The molecule has 5 aliphatic rings. The van der Waals surface area contributed by atoms with Crippen molar-refractivity contribution in [3.8, 4) is 0 Å². The first kappa shape index (κ1) is 15.9. The van der Waals surface area contributed by atoms with E-state index in [4.69, 9.17) is 0 Å². The minimum atomic E-state index is 0.0702. The second-order valence-electron chi connectivity index (χ2n) is 10.1.